The Morgan fingerprint density at radius 3 is 2.59 bits per heavy atom. The molecule has 166 valence electrons. The maximum absolute atomic E-state index is 12.5. The summed E-state index contributed by atoms with van der Waals surface area (Å²) in [5, 5.41) is 0.997. The van der Waals surface area contributed by atoms with Gasteiger partial charge >= 0.3 is 0 Å². The summed E-state index contributed by atoms with van der Waals surface area (Å²) < 4.78 is 17.2. The molecule has 0 saturated carbocycles. The van der Waals surface area contributed by atoms with Gasteiger partial charge in [-0.05, 0) is 48.7 Å². The van der Waals surface area contributed by atoms with Crippen molar-refractivity contribution in [2.75, 3.05) is 26.8 Å². The second-order valence-corrected chi connectivity index (χ2v) is 8.42. The Bertz CT molecular complexity index is 1080. The lowest BCUT2D eigenvalue weighted by Crippen LogP contribution is -2.45. The lowest BCUT2D eigenvalue weighted by atomic mass is 10.0. The Balaban J connectivity index is 1.21. The Labute approximate surface area is 188 Å². The first-order chi connectivity index (χ1) is 15.7. The zero-order chi connectivity index (χ0) is 21.9. The van der Waals surface area contributed by atoms with Crippen LogP contribution in [-0.2, 0) is 9.53 Å². The number of amides is 1. The number of likely N-dealkylation sites (tertiary alicyclic amines) is 1. The fourth-order valence-corrected chi connectivity index (χ4v) is 4.55. The number of pyridine rings is 1. The fraction of sp³-hybridized carbons (Fsp3) is 0.385. The summed E-state index contributed by atoms with van der Waals surface area (Å²) in [4.78, 5) is 19.0. The number of ether oxygens (including phenoxy) is 3. The summed E-state index contributed by atoms with van der Waals surface area (Å²) in [6.45, 7) is 2.16. The molecule has 0 unspecified atom stereocenters. The number of hydrogen-bond donors (Lipinski definition) is 0. The number of piperidine rings is 1. The molecular weight excluding hydrogens is 404 g/mol. The zero-order valence-electron chi connectivity index (χ0n) is 18.3. The summed E-state index contributed by atoms with van der Waals surface area (Å²) in [6.07, 6.45) is 5.29. The van der Waals surface area contributed by atoms with Crippen molar-refractivity contribution in [3.05, 3.63) is 54.7 Å². The van der Waals surface area contributed by atoms with Gasteiger partial charge < -0.3 is 19.1 Å². The van der Waals surface area contributed by atoms with Gasteiger partial charge in [-0.15, -0.1) is 0 Å². The molecule has 5 rings (SSSR count). The molecule has 3 aromatic rings. The highest BCUT2D eigenvalue weighted by Gasteiger charge is 2.31. The quantitative estimate of drug-likeness (QED) is 0.596. The molecule has 6 heteroatoms. The van der Waals surface area contributed by atoms with Crippen LogP contribution in [0.15, 0.2) is 54.7 Å². The van der Waals surface area contributed by atoms with Crippen molar-refractivity contribution in [3.63, 3.8) is 0 Å². The first kappa shape index (κ1) is 20.8. The van der Waals surface area contributed by atoms with E-state index in [0.29, 0.717) is 6.61 Å². The van der Waals surface area contributed by atoms with Gasteiger partial charge in [-0.1, -0.05) is 18.2 Å². The van der Waals surface area contributed by atoms with Gasteiger partial charge in [-0.25, -0.2) is 0 Å². The van der Waals surface area contributed by atoms with Gasteiger partial charge in [-0.3, -0.25) is 9.78 Å². The third kappa shape index (κ3) is 4.28. The number of fused-ring (bicyclic) bond motifs is 1. The SMILES string of the molecule is COc1cccc2ncc(-c3ccc(OC4CCN(C(=O)[C@H]5CCCO5)CC4)cc3)cc12. The molecule has 3 heterocycles. The number of benzene rings is 2. The molecule has 2 aromatic carbocycles. The molecule has 1 amide bonds. The van der Waals surface area contributed by atoms with Gasteiger partial charge in [0.2, 0.25) is 0 Å². The van der Waals surface area contributed by atoms with E-state index in [2.05, 4.69) is 23.2 Å². The average Bonchev–Trinajstić information content (AvgIpc) is 3.39. The van der Waals surface area contributed by atoms with Crippen LogP contribution in [0.25, 0.3) is 22.0 Å². The number of aromatic nitrogens is 1. The second kappa shape index (κ2) is 9.17. The molecule has 2 saturated heterocycles. The lowest BCUT2D eigenvalue weighted by Gasteiger charge is -2.33. The summed E-state index contributed by atoms with van der Waals surface area (Å²) in [7, 11) is 1.68. The monoisotopic (exact) mass is 432 g/mol. The molecule has 1 atom stereocenters. The molecule has 0 bridgehead atoms. The molecular formula is C26H28N2O4. The van der Waals surface area contributed by atoms with Crippen molar-refractivity contribution < 1.29 is 19.0 Å². The highest BCUT2D eigenvalue weighted by molar-refractivity contribution is 5.88. The van der Waals surface area contributed by atoms with E-state index in [1.165, 1.54) is 0 Å². The van der Waals surface area contributed by atoms with Crippen LogP contribution in [0.2, 0.25) is 0 Å². The molecule has 2 fully saturated rings. The van der Waals surface area contributed by atoms with Crippen LogP contribution >= 0.6 is 0 Å². The standard InChI is InChI=1S/C26H28N2O4/c1-30-24-5-2-4-23-22(24)16-19(17-27-23)18-7-9-20(10-8-18)32-21-11-13-28(14-12-21)26(29)25-6-3-15-31-25/h2,4-5,7-10,16-17,21,25H,3,6,11-15H2,1H3/t25-/m1/s1. The van der Waals surface area contributed by atoms with Crippen LogP contribution in [0.3, 0.4) is 0 Å². The highest BCUT2D eigenvalue weighted by Crippen LogP contribution is 2.30. The van der Waals surface area contributed by atoms with E-state index in [1.807, 2.05) is 41.4 Å². The maximum Gasteiger partial charge on any atom is 0.251 e. The van der Waals surface area contributed by atoms with E-state index >= 15 is 0 Å². The molecule has 1 aromatic heterocycles. The number of methoxy groups -OCH3 is 1. The number of hydrogen-bond acceptors (Lipinski definition) is 5. The first-order valence-corrected chi connectivity index (χ1v) is 11.3. The van der Waals surface area contributed by atoms with E-state index < -0.39 is 0 Å². The van der Waals surface area contributed by atoms with Crippen molar-refractivity contribution in [1.29, 1.82) is 0 Å². The summed E-state index contributed by atoms with van der Waals surface area (Å²) in [5.41, 5.74) is 3.03. The van der Waals surface area contributed by atoms with Crippen molar-refractivity contribution in [1.82, 2.24) is 9.88 Å². The van der Waals surface area contributed by atoms with Crippen LogP contribution in [0.5, 0.6) is 11.5 Å². The third-order valence-electron chi connectivity index (χ3n) is 6.35. The Kier molecular flexibility index (Phi) is 5.95. The zero-order valence-corrected chi connectivity index (χ0v) is 18.3. The minimum Gasteiger partial charge on any atom is -0.496 e. The minimum atomic E-state index is -0.232. The van der Waals surface area contributed by atoms with E-state index in [9.17, 15) is 4.79 Å². The van der Waals surface area contributed by atoms with Crippen LogP contribution in [0.1, 0.15) is 25.7 Å². The van der Waals surface area contributed by atoms with E-state index in [1.54, 1.807) is 7.11 Å². The summed E-state index contributed by atoms with van der Waals surface area (Å²) in [5.74, 6) is 1.82. The van der Waals surface area contributed by atoms with Crippen LogP contribution in [0, 0.1) is 0 Å². The smallest absolute Gasteiger partial charge is 0.251 e. The molecule has 6 nitrogen and oxygen atoms in total. The predicted molar refractivity (Wildman–Crippen MR) is 123 cm³/mol. The molecule has 0 aliphatic carbocycles. The first-order valence-electron chi connectivity index (χ1n) is 11.3. The normalized spacial score (nSPS) is 19.3. The van der Waals surface area contributed by atoms with E-state index in [-0.39, 0.29) is 18.1 Å². The largest absolute Gasteiger partial charge is 0.496 e. The molecule has 2 aliphatic heterocycles. The van der Waals surface area contributed by atoms with Crippen molar-refractivity contribution in [2.24, 2.45) is 0 Å². The summed E-state index contributed by atoms with van der Waals surface area (Å²) in [6, 6.07) is 16.1. The van der Waals surface area contributed by atoms with Crippen LogP contribution in [-0.4, -0.2) is 54.8 Å². The van der Waals surface area contributed by atoms with Crippen molar-refractivity contribution in [2.45, 2.75) is 37.9 Å². The predicted octanol–water partition coefficient (Wildman–Crippen LogP) is 4.46. The average molecular weight is 433 g/mol. The second-order valence-electron chi connectivity index (χ2n) is 8.42. The molecule has 0 radical (unpaired) electrons. The van der Waals surface area contributed by atoms with E-state index in [4.69, 9.17) is 14.2 Å². The fourth-order valence-electron chi connectivity index (χ4n) is 4.55. The minimum absolute atomic E-state index is 0.126. The van der Waals surface area contributed by atoms with Crippen LogP contribution in [0.4, 0.5) is 0 Å². The topological polar surface area (TPSA) is 60.9 Å². The van der Waals surface area contributed by atoms with Gasteiger partial charge in [0.1, 0.15) is 23.7 Å². The Morgan fingerprint density at radius 2 is 1.88 bits per heavy atom. The van der Waals surface area contributed by atoms with Gasteiger partial charge in [0.25, 0.3) is 5.91 Å². The number of nitrogens with zero attached hydrogens (tertiary/aromatic N) is 2. The number of carbonyl (C=O) groups excluding carboxylic acids is 1. The van der Waals surface area contributed by atoms with Crippen molar-refractivity contribution >= 4 is 16.8 Å². The van der Waals surface area contributed by atoms with Crippen LogP contribution < -0.4 is 9.47 Å². The molecule has 0 N–H and O–H groups in total. The van der Waals surface area contributed by atoms with Gasteiger partial charge in [0, 0.05) is 49.7 Å². The van der Waals surface area contributed by atoms with Gasteiger partial charge in [0.15, 0.2) is 0 Å². The molecule has 0 spiro atoms. The number of rotatable bonds is 5. The maximum atomic E-state index is 12.5. The summed E-state index contributed by atoms with van der Waals surface area (Å²) >= 11 is 0. The van der Waals surface area contributed by atoms with E-state index in [0.717, 1.165) is 72.3 Å². The number of carbonyl (C=O) groups is 1. The Hall–Kier alpha value is -3.12. The van der Waals surface area contributed by atoms with Crippen molar-refractivity contribution in [3.8, 4) is 22.6 Å². The Morgan fingerprint density at radius 1 is 1.06 bits per heavy atom. The lowest BCUT2D eigenvalue weighted by molar-refractivity contribution is -0.142. The van der Waals surface area contributed by atoms with Gasteiger partial charge in [-0.2, -0.15) is 0 Å². The third-order valence-corrected chi connectivity index (χ3v) is 6.35. The van der Waals surface area contributed by atoms with Gasteiger partial charge in [0.05, 0.1) is 12.6 Å². The molecule has 2 aliphatic rings. The highest BCUT2D eigenvalue weighted by atomic mass is 16.5. The molecule has 32 heavy (non-hydrogen) atoms.